The number of nitrogens with one attached hydrogen (secondary N) is 1. The van der Waals surface area contributed by atoms with Gasteiger partial charge in [0.25, 0.3) is 0 Å². The molecule has 13 heavy (non-hydrogen) atoms. The molecule has 1 saturated carbocycles. The summed E-state index contributed by atoms with van der Waals surface area (Å²) in [5.41, 5.74) is 0.209. The Bertz CT molecular complexity index is 183. The predicted octanol–water partition coefficient (Wildman–Crippen LogP) is 2.48. The van der Waals surface area contributed by atoms with Crippen molar-refractivity contribution in [3.8, 4) is 0 Å². The molecule has 1 rings (SSSR count). The zero-order valence-electron chi connectivity index (χ0n) is 9.02. The first-order valence-corrected chi connectivity index (χ1v) is 5.39. The summed E-state index contributed by atoms with van der Waals surface area (Å²) < 4.78 is 0. The Kier molecular flexibility index (Phi) is 3.34. The molecule has 1 N–H and O–H groups in total. The molecule has 2 heteroatoms. The van der Waals surface area contributed by atoms with Gasteiger partial charge in [0.15, 0.2) is 0 Å². The first-order chi connectivity index (χ1) is 6.08. The second kappa shape index (κ2) is 4.12. The summed E-state index contributed by atoms with van der Waals surface area (Å²) in [4.78, 5) is 11.5. The van der Waals surface area contributed by atoms with Gasteiger partial charge in [-0.2, -0.15) is 0 Å². The van der Waals surface area contributed by atoms with E-state index in [1.54, 1.807) is 0 Å². The highest BCUT2D eigenvalue weighted by atomic mass is 16.1. The smallest absolute Gasteiger partial charge is 0.220 e. The lowest BCUT2D eigenvalue weighted by atomic mass is 10.1. The zero-order chi connectivity index (χ0) is 9.90. The molecule has 76 valence electrons. The lowest BCUT2D eigenvalue weighted by molar-refractivity contribution is -0.122. The van der Waals surface area contributed by atoms with Gasteiger partial charge in [-0.05, 0) is 25.2 Å². The minimum absolute atomic E-state index is 0.209. The first-order valence-electron chi connectivity index (χ1n) is 5.39. The summed E-state index contributed by atoms with van der Waals surface area (Å²) in [5.74, 6) is 0.707. The van der Waals surface area contributed by atoms with Crippen molar-refractivity contribution in [2.24, 2.45) is 5.92 Å². The van der Waals surface area contributed by atoms with Crippen LogP contribution in [0.3, 0.4) is 0 Å². The van der Waals surface area contributed by atoms with Gasteiger partial charge in [-0.25, -0.2) is 0 Å². The van der Waals surface area contributed by atoms with Gasteiger partial charge in [-0.3, -0.25) is 4.79 Å². The Labute approximate surface area is 81.1 Å². The summed E-state index contributed by atoms with van der Waals surface area (Å²) in [6, 6.07) is 0. The zero-order valence-corrected chi connectivity index (χ0v) is 9.02. The largest absolute Gasteiger partial charge is 0.351 e. The van der Waals surface area contributed by atoms with E-state index in [4.69, 9.17) is 0 Å². The van der Waals surface area contributed by atoms with Crippen LogP contribution in [0.2, 0.25) is 0 Å². The molecule has 0 bridgehead atoms. The van der Waals surface area contributed by atoms with Crippen LogP contribution in [0.4, 0.5) is 0 Å². The highest BCUT2D eigenvalue weighted by Crippen LogP contribution is 2.39. The third-order valence-electron chi connectivity index (χ3n) is 2.58. The Morgan fingerprint density at radius 2 is 2.08 bits per heavy atom. The van der Waals surface area contributed by atoms with Crippen molar-refractivity contribution in [1.82, 2.24) is 5.32 Å². The first kappa shape index (κ1) is 10.6. The van der Waals surface area contributed by atoms with E-state index in [1.165, 1.54) is 19.3 Å². The Hall–Kier alpha value is -0.530. The Morgan fingerprint density at radius 3 is 2.46 bits per heavy atom. The van der Waals surface area contributed by atoms with Crippen molar-refractivity contribution in [1.29, 1.82) is 0 Å². The molecule has 0 heterocycles. The van der Waals surface area contributed by atoms with E-state index in [1.807, 2.05) is 0 Å². The summed E-state index contributed by atoms with van der Waals surface area (Å²) in [5, 5.41) is 3.16. The normalized spacial score (nSPS) is 18.8. The average molecular weight is 183 g/mol. The molecule has 1 aliphatic rings. The fraction of sp³-hybridized carbons (Fsp3) is 0.909. The fourth-order valence-corrected chi connectivity index (χ4v) is 1.78. The molecule has 0 radical (unpaired) electrons. The summed E-state index contributed by atoms with van der Waals surface area (Å²) in [6.07, 6.45) is 5.36. The topological polar surface area (TPSA) is 29.1 Å². The molecule has 0 saturated heterocycles. The number of rotatable bonds is 5. The van der Waals surface area contributed by atoms with E-state index in [9.17, 15) is 4.79 Å². The van der Waals surface area contributed by atoms with Gasteiger partial charge in [0, 0.05) is 12.0 Å². The lowest BCUT2D eigenvalue weighted by Crippen LogP contribution is -2.37. The van der Waals surface area contributed by atoms with Crippen LogP contribution < -0.4 is 5.32 Å². The van der Waals surface area contributed by atoms with Crippen molar-refractivity contribution < 1.29 is 4.79 Å². The van der Waals surface area contributed by atoms with Gasteiger partial charge < -0.3 is 5.32 Å². The summed E-state index contributed by atoms with van der Waals surface area (Å²) >= 11 is 0. The van der Waals surface area contributed by atoms with Gasteiger partial charge in [-0.1, -0.05) is 27.2 Å². The SMILES string of the molecule is CCCC1(NC(=O)CC(C)C)CC1. The quantitative estimate of drug-likeness (QED) is 0.697. The van der Waals surface area contributed by atoms with Crippen LogP contribution in [-0.2, 0) is 4.79 Å². The second-order valence-corrected chi connectivity index (χ2v) is 4.68. The van der Waals surface area contributed by atoms with E-state index in [0.29, 0.717) is 12.3 Å². The standard InChI is InChI=1S/C11H21NO/c1-4-5-11(6-7-11)12-10(13)8-9(2)3/h9H,4-8H2,1-3H3,(H,12,13). The predicted molar refractivity (Wildman–Crippen MR) is 54.5 cm³/mol. The van der Waals surface area contributed by atoms with Gasteiger partial charge >= 0.3 is 0 Å². The van der Waals surface area contributed by atoms with Gasteiger partial charge in [0.2, 0.25) is 5.91 Å². The van der Waals surface area contributed by atoms with Crippen LogP contribution in [0.25, 0.3) is 0 Å². The third kappa shape index (κ3) is 3.37. The van der Waals surface area contributed by atoms with Crippen LogP contribution >= 0.6 is 0 Å². The second-order valence-electron chi connectivity index (χ2n) is 4.68. The number of amides is 1. The van der Waals surface area contributed by atoms with Crippen molar-refractivity contribution in [3.63, 3.8) is 0 Å². The minimum Gasteiger partial charge on any atom is -0.351 e. The number of hydrogen-bond acceptors (Lipinski definition) is 1. The van der Waals surface area contributed by atoms with E-state index in [0.717, 1.165) is 6.42 Å². The van der Waals surface area contributed by atoms with E-state index in [-0.39, 0.29) is 11.4 Å². The highest BCUT2D eigenvalue weighted by Gasteiger charge is 2.42. The monoisotopic (exact) mass is 183 g/mol. The summed E-state index contributed by atoms with van der Waals surface area (Å²) in [7, 11) is 0. The molecule has 0 atom stereocenters. The maximum Gasteiger partial charge on any atom is 0.220 e. The lowest BCUT2D eigenvalue weighted by Gasteiger charge is -2.17. The summed E-state index contributed by atoms with van der Waals surface area (Å²) in [6.45, 7) is 6.34. The molecule has 0 spiro atoms. The van der Waals surface area contributed by atoms with Crippen LogP contribution in [0.15, 0.2) is 0 Å². The van der Waals surface area contributed by atoms with Crippen LogP contribution in [0.1, 0.15) is 52.9 Å². The van der Waals surface area contributed by atoms with Crippen molar-refractivity contribution in [2.45, 2.75) is 58.4 Å². The molecule has 0 aromatic heterocycles. The molecule has 1 fully saturated rings. The molecule has 0 aromatic carbocycles. The number of hydrogen-bond donors (Lipinski definition) is 1. The van der Waals surface area contributed by atoms with Crippen molar-refractivity contribution >= 4 is 5.91 Å². The molecule has 0 unspecified atom stereocenters. The molecule has 0 aliphatic heterocycles. The molecule has 2 nitrogen and oxygen atoms in total. The maximum absolute atomic E-state index is 11.5. The van der Waals surface area contributed by atoms with Gasteiger partial charge in [-0.15, -0.1) is 0 Å². The molecular formula is C11H21NO. The number of carbonyl (C=O) groups excluding carboxylic acids is 1. The van der Waals surface area contributed by atoms with E-state index >= 15 is 0 Å². The molecular weight excluding hydrogens is 162 g/mol. The molecule has 1 aliphatic carbocycles. The minimum atomic E-state index is 0.209. The molecule has 0 aromatic rings. The maximum atomic E-state index is 11.5. The van der Waals surface area contributed by atoms with E-state index < -0.39 is 0 Å². The van der Waals surface area contributed by atoms with Crippen molar-refractivity contribution in [2.75, 3.05) is 0 Å². The van der Waals surface area contributed by atoms with Crippen LogP contribution in [0.5, 0.6) is 0 Å². The Balaban J connectivity index is 2.27. The fourth-order valence-electron chi connectivity index (χ4n) is 1.78. The van der Waals surface area contributed by atoms with Gasteiger partial charge in [0.05, 0.1) is 0 Å². The third-order valence-corrected chi connectivity index (χ3v) is 2.58. The van der Waals surface area contributed by atoms with Crippen molar-refractivity contribution in [3.05, 3.63) is 0 Å². The Morgan fingerprint density at radius 1 is 1.46 bits per heavy atom. The molecule has 1 amide bonds. The average Bonchev–Trinajstić information content (AvgIpc) is 2.67. The van der Waals surface area contributed by atoms with Gasteiger partial charge in [0.1, 0.15) is 0 Å². The van der Waals surface area contributed by atoms with Crippen LogP contribution in [-0.4, -0.2) is 11.4 Å². The highest BCUT2D eigenvalue weighted by molar-refractivity contribution is 5.77. The van der Waals surface area contributed by atoms with Crippen LogP contribution in [0, 0.1) is 5.92 Å². The van der Waals surface area contributed by atoms with E-state index in [2.05, 4.69) is 26.1 Å². The number of carbonyl (C=O) groups is 1.